The van der Waals surface area contributed by atoms with Crippen LogP contribution in [0.2, 0.25) is 0 Å². The molecule has 2 aromatic carbocycles. The van der Waals surface area contributed by atoms with E-state index >= 15 is 0 Å². The second-order valence-electron chi connectivity index (χ2n) is 7.27. The highest BCUT2D eigenvalue weighted by Gasteiger charge is 2.30. The summed E-state index contributed by atoms with van der Waals surface area (Å²) < 4.78 is 0. The van der Waals surface area contributed by atoms with Crippen molar-refractivity contribution < 1.29 is 19.5 Å². The summed E-state index contributed by atoms with van der Waals surface area (Å²) in [4.78, 5) is 38.2. The summed E-state index contributed by atoms with van der Waals surface area (Å²) >= 11 is 0. The van der Waals surface area contributed by atoms with E-state index in [4.69, 9.17) is 0 Å². The lowest BCUT2D eigenvalue weighted by atomic mass is 9.93. The molecule has 0 aromatic heterocycles. The Kier molecular flexibility index (Phi) is 5.82. The topological polar surface area (TPSA) is 86.7 Å². The van der Waals surface area contributed by atoms with Gasteiger partial charge in [-0.25, -0.2) is 4.79 Å². The number of carboxylic acids is 1. The van der Waals surface area contributed by atoms with Gasteiger partial charge in [0.15, 0.2) is 6.04 Å². The molecule has 0 bridgehead atoms. The Morgan fingerprint density at radius 3 is 2.48 bits per heavy atom. The van der Waals surface area contributed by atoms with Gasteiger partial charge in [0.25, 0.3) is 0 Å². The second-order valence-corrected chi connectivity index (χ2v) is 7.27. The van der Waals surface area contributed by atoms with Crippen LogP contribution in [0, 0.1) is 13.8 Å². The average Bonchev–Trinajstić information content (AvgIpc) is 2.68. The Bertz CT molecular complexity index is 996. The van der Waals surface area contributed by atoms with Gasteiger partial charge in [-0.05, 0) is 47.7 Å². The van der Waals surface area contributed by atoms with Crippen LogP contribution in [0.25, 0.3) is 6.08 Å². The molecule has 0 fully saturated rings. The number of hydrogen-bond donors (Lipinski definition) is 2. The number of aliphatic carboxylic acids is 1. The molecule has 2 unspecified atom stereocenters. The summed E-state index contributed by atoms with van der Waals surface area (Å²) in [5.74, 6) is -1.75. The van der Waals surface area contributed by atoms with Gasteiger partial charge in [0.05, 0.1) is 12.5 Å². The normalized spacial score (nSPS) is 16.1. The summed E-state index contributed by atoms with van der Waals surface area (Å²) in [7, 11) is 0. The number of nitrogens with zero attached hydrogens (tertiary/aromatic N) is 1. The van der Waals surface area contributed by atoms with Gasteiger partial charge in [-0.3, -0.25) is 9.59 Å². The van der Waals surface area contributed by atoms with Crippen molar-refractivity contribution in [2.45, 2.75) is 39.3 Å². The lowest BCUT2D eigenvalue weighted by molar-refractivity contribution is -0.142. The van der Waals surface area contributed by atoms with Gasteiger partial charge < -0.3 is 15.3 Å². The van der Waals surface area contributed by atoms with Gasteiger partial charge >= 0.3 is 5.97 Å². The molecule has 29 heavy (non-hydrogen) atoms. The molecule has 0 radical (unpaired) electrons. The Hall–Kier alpha value is -3.41. The average molecular weight is 392 g/mol. The maximum Gasteiger partial charge on any atom is 0.330 e. The van der Waals surface area contributed by atoms with E-state index in [0.29, 0.717) is 5.56 Å². The van der Waals surface area contributed by atoms with E-state index in [2.05, 4.69) is 5.32 Å². The molecule has 0 aliphatic carbocycles. The minimum Gasteiger partial charge on any atom is -0.479 e. The number of fused-ring (bicyclic) bond motifs is 1. The van der Waals surface area contributed by atoms with Crippen molar-refractivity contribution in [3.05, 3.63) is 76.5 Å². The van der Waals surface area contributed by atoms with Crippen molar-refractivity contribution in [2.75, 3.05) is 0 Å². The summed E-state index contributed by atoms with van der Waals surface area (Å²) in [6.45, 7) is 5.28. The Labute approximate surface area is 169 Å². The quantitative estimate of drug-likeness (QED) is 0.815. The molecule has 2 aromatic rings. The molecule has 6 heteroatoms. The van der Waals surface area contributed by atoms with Crippen molar-refractivity contribution in [3.8, 4) is 0 Å². The van der Waals surface area contributed by atoms with Crippen LogP contribution < -0.4 is 5.32 Å². The number of hydrogen-bond acceptors (Lipinski definition) is 3. The molecule has 1 aliphatic rings. The number of carbonyl (C=O) groups excluding carboxylic acids is 2. The highest BCUT2D eigenvalue weighted by molar-refractivity contribution is 5.86. The first-order valence-electron chi connectivity index (χ1n) is 9.43. The number of benzene rings is 2. The SMILES string of the molecule is CC(=O)N1C=Cc2ccccc2C1CC(=O)NC(C(=O)O)c1ccc(C)c(C)c1. The number of aryl methyl sites for hydroxylation is 2. The van der Waals surface area contributed by atoms with Crippen molar-refractivity contribution >= 4 is 23.9 Å². The predicted octanol–water partition coefficient (Wildman–Crippen LogP) is 3.51. The minimum atomic E-state index is -1.15. The van der Waals surface area contributed by atoms with Crippen molar-refractivity contribution in [3.63, 3.8) is 0 Å². The van der Waals surface area contributed by atoms with Crippen LogP contribution in [0.1, 0.15) is 53.2 Å². The van der Waals surface area contributed by atoms with Crippen LogP contribution >= 0.6 is 0 Å². The monoisotopic (exact) mass is 392 g/mol. The Morgan fingerprint density at radius 2 is 1.83 bits per heavy atom. The second kappa shape index (κ2) is 8.31. The van der Waals surface area contributed by atoms with E-state index in [1.54, 1.807) is 18.3 Å². The van der Waals surface area contributed by atoms with E-state index in [1.165, 1.54) is 11.8 Å². The third-order valence-electron chi connectivity index (χ3n) is 5.26. The number of carbonyl (C=O) groups is 3. The lowest BCUT2D eigenvalue weighted by Gasteiger charge is -2.32. The standard InChI is InChI=1S/C23H24N2O4/c1-14-8-9-18(12-15(14)2)22(23(28)29)24-21(27)13-20-19-7-5-4-6-17(19)10-11-25(20)16(3)26/h4-12,20,22H,13H2,1-3H3,(H,24,27)(H,28,29). The molecule has 2 amide bonds. The molecule has 0 saturated carbocycles. The van der Waals surface area contributed by atoms with Crippen LogP contribution in [-0.2, 0) is 14.4 Å². The number of nitrogens with one attached hydrogen (secondary N) is 1. The fourth-order valence-corrected chi connectivity index (χ4v) is 3.54. The summed E-state index contributed by atoms with van der Waals surface area (Å²) in [5.41, 5.74) is 4.32. The van der Waals surface area contributed by atoms with Crippen LogP contribution in [0.4, 0.5) is 0 Å². The number of carboxylic acid groups (broad SMARTS) is 1. The molecule has 150 valence electrons. The zero-order valence-corrected chi connectivity index (χ0v) is 16.7. The lowest BCUT2D eigenvalue weighted by Crippen LogP contribution is -2.38. The third kappa shape index (κ3) is 4.37. The van der Waals surface area contributed by atoms with Crippen LogP contribution in [0.3, 0.4) is 0 Å². The van der Waals surface area contributed by atoms with Gasteiger partial charge in [0.1, 0.15) is 0 Å². The zero-order valence-electron chi connectivity index (χ0n) is 16.7. The molecular weight excluding hydrogens is 368 g/mol. The zero-order chi connectivity index (χ0) is 21.1. The molecule has 1 aliphatic heterocycles. The molecule has 0 spiro atoms. The Morgan fingerprint density at radius 1 is 1.10 bits per heavy atom. The van der Waals surface area contributed by atoms with Gasteiger partial charge in [-0.1, -0.05) is 42.5 Å². The first-order valence-corrected chi connectivity index (χ1v) is 9.43. The summed E-state index contributed by atoms with van der Waals surface area (Å²) in [5, 5.41) is 12.3. The predicted molar refractivity (Wildman–Crippen MR) is 110 cm³/mol. The van der Waals surface area contributed by atoms with E-state index in [0.717, 1.165) is 22.3 Å². The third-order valence-corrected chi connectivity index (χ3v) is 5.26. The molecule has 2 N–H and O–H groups in total. The maximum absolute atomic E-state index is 12.8. The first-order chi connectivity index (χ1) is 13.8. The minimum absolute atomic E-state index is 0.0322. The summed E-state index contributed by atoms with van der Waals surface area (Å²) in [6, 6.07) is 11.2. The van der Waals surface area contributed by atoms with E-state index in [-0.39, 0.29) is 12.3 Å². The number of rotatable bonds is 5. The van der Waals surface area contributed by atoms with Crippen LogP contribution in [0.5, 0.6) is 0 Å². The van der Waals surface area contributed by atoms with Crippen molar-refractivity contribution in [1.82, 2.24) is 10.2 Å². The molecule has 1 heterocycles. The smallest absolute Gasteiger partial charge is 0.330 e. The molecule has 0 saturated heterocycles. The largest absolute Gasteiger partial charge is 0.479 e. The Balaban J connectivity index is 1.83. The first kappa shape index (κ1) is 20.3. The highest BCUT2D eigenvalue weighted by Crippen LogP contribution is 2.33. The van der Waals surface area contributed by atoms with Crippen LogP contribution in [-0.4, -0.2) is 27.8 Å². The van der Waals surface area contributed by atoms with Gasteiger partial charge in [-0.15, -0.1) is 0 Å². The van der Waals surface area contributed by atoms with E-state index in [9.17, 15) is 19.5 Å². The van der Waals surface area contributed by atoms with Gasteiger partial charge in [0.2, 0.25) is 11.8 Å². The van der Waals surface area contributed by atoms with Crippen LogP contribution in [0.15, 0.2) is 48.7 Å². The molecule has 6 nitrogen and oxygen atoms in total. The fourth-order valence-electron chi connectivity index (χ4n) is 3.54. The molecule has 3 rings (SSSR count). The van der Waals surface area contributed by atoms with Crippen molar-refractivity contribution in [1.29, 1.82) is 0 Å². The van der Waals surface area contributed by atoms with Crippen molar-refractivity contribution in [2.24, 2.45) is 0 Å². The van der Waals surface area contributed by atoms with Gasteiger partial charge in [0, 0.05) is 13.1 Å². The highest BCUT2D eigenvalue weighted by atomic mass is 16.4. The maximum atomic E-state index is 12.8. The van der Waals surface area contributed by atoms with E-state index in [1.807, 2.05) is 50.3 Å². The molecular formula is C23H24N2O4. The number of amides is 2. The fraction of sp³-hybridized carbons (Fsp3) is 0.261. The van der Waals surface area contributed by atoms with Gasteiger partial charge in [-0.2, -0.15) is 0 Å². The van der Waals surface area contributed by atoms with E-state index < -0.39 is 24.0 Å². The molecule has 2 atom stereocenters. The summed E-state index contributed by atoms with van der Waals surface area (Å²) in [6.07, 6.45) is 3.47.